The van der Waals surface area contributed by atoms with Gasteiger partial charge in [0.25, 0.3) is 0 Å². The molecule has 0 amide bonds. The molecule has 2 aromatic heterocycles. The first-order chi connectivity index (χ1) is 10.3. The molecule has 1 saturated carbocycles. The fraction of sp³-hybridized carbons (Fsp3) is 0.467. The molecule has 6 heteroatoms. The fourth-order valence-corrected chi connectivity index (χ4v) is 2.86. The summed E-state index contributed by atoms with van der Waals surface area (Å²) in [6.45, 7) is 1.77. The van der Waals surface area contributed by atoms with Gasteiger partial charge in [-0.1, -0.05) is 0 Å². The molecule has 0 bridgehead atoms. The largest absolute Gasteiger partial charge is 0.339 e. The van der Waals surface area contributed by atoms with Crippen molar-refractivity contribution in [2.75, 3.05) is 18.0 Å². The summed E-state index contributed by atoms with van der Waals surface area (Å²) in [5.41, 5.74) is 1.87. The van der Waals surface area contributed by atoms with E-state index >= 15 is 0 Å². The van der Waals surface area contributed by atoms with Crippen molar-refractivity contribution in [1.29, 1.82) is 5.26 Å². The van der Waals surface area contributed by atoms with Crippen molar-refractivity contribution in [3.63, 3.8) is 0 Å². The number of hydrogen-bond acceptors (Lipinski definition) is 5. The summed E-state index contributed by atoms with van der Waals surface area (Å²) in [6.07, 6.45) is 10.9. The Morgan fingerprint density at radius 2 is 1.95 bits per heavy atom. The van der Waals surface area contributed by atoms with Gasteiger partial charge in [0.15, 0.2) is 0 Å². The Kier molecular flexibility index (Phi) is 2.85. The summed E-state index contributed by atoms with van der Waals surface area (Å²) >= 11 is 0. The van der Waals surface area contributed by atoms with Crippen LogP contribution in [0.2, 0.25) is 0 Å². The second kappa shape index (κ2) is 4.85. The van der Waals surface area contributed by atoms with Gasteiger partial charge in [0.05, 0.1) is 17.8 Å². The Bertz CT molecular complexity index is 679. The van der Waals surface area contributed by atoms with Crippen molar-refractivity contribution >= 4 is 5.95 Å². The van der Waals surface area contributed by atoms with Gasteiger partial charge in [-0.05, 0) is 30.7 Å². The molecule has 1 atom stereocenters. The molecule has 1 saturated heterocycles. The van der Waals surface area contributed by atoms with Crippen LogP contribution in [-0.2, 0) is 0 Å². The van der Waals surface area contributed by atoms with Gasteiger partial charge in [0.1, 0.15) is 6.07 Å². The maximum Gasteiger partial charge on any atom is 0.225 e. The lowest BCUT2D eigenvalue weighted by Crippen LogP contribution is -2.23. The Balaban J connectivity index is 1.46. The highest BCUT2D eigenvalue weighted by atomic mass is 15.3. The average Bonchev–Trinajstić information content (AvgIpc) is 3.07. The molecule has 2 aliphatic rings. The van der Waals surface area contributed by atoms with Crippen LogP contribution in [0.25, 0.3) is 0 Å². The van der Waals surface area contributed by atoms with Gasteiger partial charge < -0.3 is 4.90 Å². The van der Waals surface area contributed by atoms with E-state index in [2.05, 4.69) is 26.0 Å². The molecule has 4 rings (SSSR count). The van der Waals surface area contributed by atoms with Gasteiger partial charge in [0.2, 0.25) is 5.95 Å². The molecule has 0 N–H and O–H groups in total. The smallest absolute Gasteiger partial charge is 0.225 e. The Hall–Kier alpha value is -2.42. The third-order valence-corrected chi connectivity index (χ3v) is 4.26. The summed E-state index contributed by atoms with van der Waals surface area (Å²) in [5, 5.41) is 13.1. The van der Waals surface area contributed by atoms with Crippen molar-refractivity contribution < 1.29 is 0 Å². The van der Waals surface area contributed by atoms with Gasteiger partial charge in [-0.3, -0.25) is 4.68 Å². The third-order valence-electron chi connectivity index (χ3n) is 4.26. The number of rotatable bonds is 3. The zero-order valence-corrected chi connectivity index (χ0v) is 11.7. The first-order valence-corrected chi connectivity index (χ1v) is 7.34. The quantitative estimate of drug-likeness (QED) is 0.858. The lowest BCUT2D eigenvalue weighted by Gasteiger charge is -2.16. The van der Waals surface area contributed by atoms with Crippen LogP contribution in [0.5, 0.6) is 0 Å². The van der Waals surface area contributed by atoms with Crippen molar-refractivity contribution in [2.24, 2.45) is 0 Å². The second-order valence-corrected chi connectivity index (χ2v) is 5.80. The molecule has 0 spiro atoms. The molecular weight excluding hydrogens is 264 g/mol. The molecule has 0 radical (unpaired) electrons. The van der Waals surface area contributed by atoms with E-state index < -0.39 is 0 Å². The Labute approximate surface area is 123 Å². The van der Waals surface area contributed by atoms with Gasteiger partial charge in [-0.15, -0.1) is 0 Å². The predicted octanol–water partition coefficient (Wildman–Crippen LogP) is 1.87. The van der Waals surface area contributed by atoms with Crippen LogP contribution in [0.1, 0.15) is 42.3 Å². The monoisotopic (exact) mass is 280 g/mol. The lowest BCUT2D eigenvalue weighted by atomic mass is 10.2. The maximum atomic E-state index is 8.87. The van der Waals surface area contributed by atoms with E-state index in [0.29, 0.717) is 17.5 Å². The number of hydrogen-bond donors (Lipinski definition) is 0. The molecule has 6 nitrogen and oxygen atoms in total. The molecule has 1 unspecified atom stereocenters. The SMILES string of the molecule is N#Cc1cnn(C2CCN(c3ncc(C4CC4)cn3)C2)c1. The van der Waals surface area contributed by atoms with Crippen LogP contribution < -0.4 is 4.90 Å². The normalized spacial score (nSPS) is 21.5. The Morgan fingerprint density at radius 3 is 2.62 bits per heavy atom. The van der Waals surface area contributed by atoms with E-state index in [9.17, 15) is 0 Å². The first-order valence-electron chi connectivity index (χ1n) is 7.34. The Morgan fingerprint density at radius 1 is 1.14 bits per heavy atom. The van der Waals surface area contributed by atoms with Crippen molar-refractivity contribution in [3.05, 3.63) is 35.9 Å². The van der Waals surface area contributed by atoms with Crippen molar-refractivity contribution in [3.8, 4) is 6.07 Å². The summed E-state index contributed by atoms with van der Waals surface area (Å²) in [5.74, 6) is 1.49. The van der Waals surface area contributed by atoms with E-state index in [0.717, 1.165) is 25.5 Å². The van der Waals surface area contributed by atoms with Gasteiger partial charge in [0, 0.05) is 31.7 Å². The van der Waals surface area contributed by atoms with Gasteiger partial charge in [-0.2, -0.15) is 10.4 Å². The number of nitrogens with zero attached hydrogens (tertiary/aromatic N) is 6. The molecule has 0 aromatic carbocycles. The zero-order valence-electron chi connectivity index (χ0n) is 11.7. The summed E-state index contributed by atoms with van der Waals surface area (Å²) in [4.78, 5) is 11.2. The standard InChI is InChI=1S/C15H16N6/c16-5-11-6-19-21(9-11)14-3-4-20(10-14)15-17-7-13(8-18-15)12-1-2-12/h6-9,12,14H,1-4,10H2. The molecule has 3 heterocycles. The minimum absolute atomic E-state index is 0.291. The molecule has 21 heavy (non-hydrogen) atoms. The maximum absolute atomic E-state index is 8.87. The van der Waals surface area contributed by atoms with E-state index in [1.807, 2.05) is 23.3 Å². The minimum atomic E-state index is 0.291. The molecule has 106 valence electrons. The lowest BCUT2D eigenvalue weighted by molar-refractivity contribution is 0.494. The van der Waals surface area contributed by atoms with E-state index in [1.165, 1.54) is 18.4 Å². The number of aromatic nitrogens is 4. The molecule has 2 fully saturated rings. The average molecular weight is 280 g/mol. The third kappa shape index (κ3) is 2.35. The zero-order chi connectivity index (χ0) is 14.2. The first kappa shape index (κ1) is 12.3. The van der Waals surface area contributed by atoms with Crippen LogP contribution in [0.15, 0.2) is 24.8 Å². The summed E-state index contributed by atoms with van der Waals surface area (Å²) in [7, 11) is 0. The van der Waals surface area contributed by atoms with Crippen LogP contribution in [0, 0.1) is 11.3 Å². The van der Waals surface area contributed by atoms with Gasteiger partial charge in [-0.25, -0.2) is 9.97 Å². The summed E-state index contributed by atoms with van der Waals surface area (Å²) < 4.78 is 1.89. The van der Waals surface area contributed by atoms with Crippen LogP contribution in [0.4, 0.5) is 5.95 Å². The summed E-state index contributed by atoms with van der Waals surface area (Å²) in [6, 6.07) is 2.41. The van der Waals surface area contributed by atoms with Crippen LogP contribution >= 0.6 is 0 Å². The second-order valence-electron chi connectivity index (χ2n) is 5.80. The van der Waals surface area contributed by atoms with Crippen molar-refractivity contribution in [1.82, 2.24) is 19.7 Å². The van der Waals surface area contributed by atoms with Crippen molar-refractivity contribution in [2.45, 2.75) is 31.2 Å². The number of nitriles is 1. The van der Waals surface area contributed by atoms with Gasteiger partial charge >= 0.3 is 0 Å². The van der Waals surface area contributed by atoms with E-state index in [1.54, 1.807) is 6.20 Å². The minimum Gasteiger partial charge on any atom is -0.339 e. The predicted molar refractivity (Wildman–Crippen MR) is 76.8 cm³/mol. The highest BCUT2D eigenvalue weighted by Crippen LogP contribution is 2.39. The number of anilines is 1. The fourth-order valence-electron chi connectivity index (χ4n) is 2.86. The van der Waals surface area contributed by atoms with Crippen LogP contribution in [0.3, 0.4) is 0 Å². The highest BCUT2D eigenvalue weighted by molar-refractivity contribution is 5.33. The van der Waals surface area contributed by atoms with E-state index in [-0.39, 0.29) is 0 Å². The topological polar surface area (TPSA) is 70.6 Å². The highest BCUT2D eigenvalue weighted by Gasteiger charge is 2.28. The molecule has 1 aliphatic carbocycles. The molecule has 2 aromatic rings. The van der Waals surface area contributed by atoms with Crippen LogP contribution in [-0.4, -0.2) is 32.8 Å². The molecule has 1 aliphatic heterocycles. The molecular formula is C15H16N6. The van der Waals surface area contributed by atoms with E-state index in [4.69, 9.17) is 5.26 Å².